The van der Waals surface area contributed by atoms with Crippen LogP contribution < -0.4 is 21.0 Å². The van der Waals surface area contributed by atoms with Crippen molar-refractivity contribution in [2.24, 2.45) is 5.41 Å². The largest absolute Gasteiger partial charge is 0.406 e. The average Bonchev–Trinajstić information content (AvgIpc) is 2.80. The summed E-state index contributed by atoms with van der Waals surface area (Å²) in [5, 5.41) is 10.4. The second-order valence-corrected chi connectivity index (χ2v) is 9.13. The summed E-state index contributed by atoms with van der Waals surface area (Å²) in [5.74, 6) is -1.02. The molecule has 0 aromatic carbocycles. The number of ether oxygens (including phenoxy) is 2. The lowest BCUT2D eigenvalue weighted by atomic mass is 9.88. The van der Waals surface area contributed by atoms with Gasteiger partial charge in [-0.05, 0) is 6.42 Å². The molecule has 14 heteroatoms. The van der Waals surface area contributed by atoms with E-state index in [0.717, 1.165) is 0 Å². The van der Waals surface area contributed by atoms with Crippen LogP contribution in [0.5, 0.6) is 0 Å². The van der Waals surface area contributed by atoms with Crippen molar-refractivity contribution >= 4 is 53.4 Å². The van der Waals surface area contributed by atoms with Gasteiger partial charge in [-0.25, -0.2) is 0 Å². The van der Waals surface area contributed by atoms with Crippen molar-refractivity contribution in [3.8, 4) is 0 Å². The second kappa shape index (κ2) is 16.3. The maximum absolute atomic E-state index is 12.8. The van der Waals surface area contributed by atoms with Crippen LogP contribution in [0.25, 0.3) is 0 Å². The van der Waals surface area contributed by atoms with Crippen molar-refractivity contribution in [2.75, 3.05) is 26.4 Å². The van der Waals surface area contributed by atoms with E-state index in [1.54, 1.807) is 20.8 Å². The number of carbonyl (C=O) groups excluding carboxylic acids is 5. The predicted octanol–water partition coefficient (Wildman–Crippen LogP) is -3.18. The average molecular weight is 480 g/mol. The van der Waals surface area contributed by atoms with E-state index >= 15 is 0 Å². The highest BCUT2D eigenvalue weighted by atomic mass is 16.5. The van der Waals surface area contributed by atoms with Crippen LogP contribution in [0.2, 0.25) is 0 Å². The number of hydrogen-bond acceptors (Lipinski definition) is 7. The number of ketones is 1. The lowest BCUT2D eigenvalue weighted by molar-refractivity contribution is -0.132. The molecule has 0 bridgehead atoms. The molecule has 11 nitrogen and oxygen atoms in total. The normalized spacial score (nSPS) is 11.4. The molecule has 0 spiro atoms. The Morgan fingerprint density at radius 3 is 1.50 bits per heavy atom. The highest BCUT2D eigenvalue weighted by molar-refractivity contribution is 6.14. The third kappa shape index (κ3) is 14.0. The van der Waals surface area contributed by atoms with Crippen LogP contribution in [0.3, 0.4) is 0 Å². The van der Waals surface area contributed by atoms with Gasteiger partial charge >= 0.3 is 0 Å². The lowest BCUT2D eigenvalue weighted by Gasteiger charge is -2.34. The standard InChI is InChI=1S/C20H39B3N4O7/c1-19(2,3)14(28)4-5-15(29)24-20(9-6-16(30)25-21,12-33-10-7-17(31)26-22)13-34-11-8-18(32)27-23/h4-13,21-23H2,1-3H3,(H,24,29)(H,25,30)(H,26,31)(H,27,32). The van der Waals surface area contributed by atoms with E-state index < -0.39 is 11.0 Å². The number of rotatable bonds is 17. The Hall–Kier alpha value is -2.34. The van der Waals surface area contributed by atoms with Crippen molar-refractivity contribution in [1.29, 1.82) is 0 Å². The molecule has 0 saturated heterocycles. The Morgan fingerprint density at radius 1 is 0.647 bits per heavy atom. The first-order valence-electron chi connectivity index (χ1n) is 11.5. The van der Waals surface area contributed by atoms with Gasteiger partial charge in [0.2, 0.25) is 47.6 Å². The molecule has 0 aliphatic carbocycles. The van der Waals surface area contributed by atoms with Gasteiger partial charge in [-0.2, -0.15) is 0 Å². The minimum atomic E-state index is -1.08. The first kappa shape index (κ1) is 31.7. The minimum Gasteiger partial charge on any atom is -0.406 e. The summed E-state index contributed by atoms with van der Waals surface area (Å²) in [7, 11) is 4.56. The number of carbonyl (C=O) groups is 5. The summed E-state index contributed by atoms with van der Waals surface area (Å²) in [5.41, 5.74) is -1.64. The first-order chi connectivity index (χ1) is 15.9. The van der Waals surface area contributed by atoms with Crippen LogP contribution in [0.4, 0.5) is 0 Å². The molecule has 34 heavy (non-hydrogen) atoms. The molecule has 0 aliphatic rings. The molecular formula is C20H39B3N4O7. The zero-order valence-electron chi connectivity index (χ0n) is 21.4. The Balaban J connectivity index is 5.42. The Bertz CT molecular complexity index is 678. The minimum absolute atomic E-state index is 0.0140. The maximum Gasteiger partial charge on any atom is 0.221 e. The summed E-state index contributed by atoms with van der Waals surface area (Å²) < 4.78 is 11.4. The molecule has 0 aromatic rings. The van der Waals surface area contributed by atoms with E-state index in [0.29, 0.717) is 0 Å². The molecule has 0 saturated carbocycles. The van der Waals surface area contributed by atoms with Gasteiger partial charge in [-0.15, -0.1) is 0 Å². The topological polar surface area (TPSA) is 152 Å². The van der Waals surface area contributed by atoms with E-state index in [-0.39, 0.29) is 94.4 Å². The fourth-order valence-electron chi connectivity index (χ4n) is 2.87. The molecule has 0 rings (SSSR count). The second-order valence-electron chi connectivity index (χ2n) is 9.13. The quantitative estimate of drug-likeness (QED) is 0.127. The van der Waals surface area contributed by atoms with Crippen molar-refractivity contribution < 1.29 is 33.4 Å². The molecule has 4 amide bonds. The van der Waals surface area contributed by atoms with Crippen LogP contribution in [0.1, 0.15) is 59.3 Å². The van der Waals surface area contributed by atoms with Gasteiger partial charge in [0.1, 0.15) is 5.78 Å². The summed E-state index contributed by atoms with van der Waals surface area (Å²) in [6, 6.07) is 0. The van der Waals surface area contributed by atoms with Gasteiger partial charge in [0.15, 0.2) is 0 Å². The Kier molecular flexibility index (Phi) is 15.2. The number of nitrogens with one attached hydrogen (secondary N) is 4. The first-order valence-corrected chi connectivity index (χ1v) is 11.5. The SMILES string of the molecule is BNC(=O)CCOCC(CCC(=O)NB)(COCCC(=O)NB)NC(=O)CCC(=O)C(C)(C)C. The lowest BCUT2D eigenvalue weighted by Crippen LogP contribution is -2.56. The molecule has 0 atom stereocenters. The molecule has 190 valence electrons. The van der Waals surface area contributed by atoms with Crippen LogP contribution in [-0.2, 0) is 33.4 Å². The molecular weight excluding hydrogens is 441 g/mol. The van der Waals surface area contributed by atoms with Crippen LogP contribution in [-0.4, -0.2) is 85.3 Å². The van der Waals surface area contributed by atoms with E-state index in [4.69, 9.17) is 9.47 Å². The van der Waals surface area contributed by atoms with Gasteiger partial charge in [0.25, 0.3) is 0 Å². The fourth-order valence-corrected chi connectivity index (χ4v) is 2.87. The van der Waals surface area contributed by atoms with Crippen molar-refractivity contribution in [3.05, 3.63) is 0 Å². The zero-order valence-corrected chi connectivity index (χ0v) is 21.4. The molecule has 0 fully saturated rings. The zero-order chi connectivity index (χ0) is 26.2. The van der Waals surface area contributed by atoms with E-state index in [2.05, 4.69) is 21.0 Å². The van der Waals surface area contributed by atoms with Crippen molar-refractivity contribution in [1.82, 2.24) is 21.0 Å². The van der Waals surface area contributed by atoms with Gasteiger partial charge in [-0.3, -0.25) is 24.0 Å². The number of amides is 4. The summed E-state index contributed by atoms with van der Waals surface area (Å²) >= 11 is 0. The van der Waals surface area contributed by atoms with Gasteiger partial charge < -0.3 is 30.5 Å². The highest BCUT2D eigenvalue weighted by Gasteiger charge is 2.34. The van der Waals surface area contributed by atoms with Crippen LogP contribution >= 0.6 is 0 Å². The predicted molar refractivity (Wildman–Crippen MR) is 135 cm³/mol. The van der Waals surface area contributed by atoms with Crippen LogP contribution in [0, 0.1) is 5.41 Å². The highest BCUT2D eigenvalue weighted by Crippen LogP contribution is 2.19. The smallest absolute Gasteiger partial charge is 0.221 e. The molecule has 0 heterocycles. The molecule has 0 unspecified atom stereocenters. The molecule has 0 radical (unpaired) electrons. The Morgan fingerprint density at radius 2 is 1.09 bits per heavy atom. The maximum atomic E-state index is 12.8. The van der Waals surface area contributed by atoms with Crippen molar-refractivity contribution in [3.63, 3.8) is 0 Å². The fraction of sp³-hybridized carbons (Fsp3) is 0.750. The number of hydrogen-bond donors (Lipinski definition) is 4. The monoisotopic (exact) mass is 480 g/mol. The molecule has 4 N–H and O–H groups in total. The molecule has 0 aliphatic heterocycles. The summed E-state index contributed by atoms with van der Waals surface area (Å²) in [6.45, 7) is 5.57. The number of Topliss-reactive ketones (excluding diaryl/α,β-unsaturated/α-hetero) is 1. The third-order valence-electron chi connectivity index (χ3n) is 5.19. The van der Waals surface area contributed by atoms with E-state index in [1.165, 1.54) is 23.9 Å². The Labute approximate surface area is 204 Å². The van der Waals surface area contributed by atoms with E-state index in [9.17, 15) is 24.0 Å². The third-order valence-corrected chi connectivity index (χ3v) is 5.19. The van der Waals surface area contributed by atoms with Gasteiger partial charge in [0, 0.05) is 37.5 Å². The summed E-state index contributed by atoms with van der Waals surface area (Å²) in [6.07, 6.45) is 0.617. The molecule has 0 aromatic heterocycles. The van der Waals surface area contributed by atoms with E-state index in [1.807, 2.05) is 0 Å². The van der Waals surface area contributed by atoms with Gasteiger partial charge in [0.05, 0.1) is 32.0 Å². The summed E-state index contributed by atoms with van der Waals surface area (Å²) in [4.78, 5) is 59.9. The van der Waals surface area contributed by atoms with Crippen molar-refractivity contribution in [2.45, 2.75) is 64.8 Å². The van der Waals surface area contributed by atoms with Gasteiger partial charge in [-0.1, -0.05) is 20.8 Å². The van der Waals surface area contributed by atoms with Crippen LogP contribution in [0.15, 0.2) is 0 Å².